The van der Waals surface area contributed by atoms with E-state index in [-0.39, 0.29) is 6.54 Å². The average molecular weight is 175 g/mol. The molecule has 0 saturated heterocycles. The molecule has 1 aromatic carbocycles. The minimum Gasteiger partial charge on any atom is -0.376 e. The minimum atomic E-state index is -0.428. The standard InChI is InChI=1S/C9H9N3O/c10-5-7-2-1-3-8(4-7)12-6-9(11)13/h1-4,12H,6H2,(H2,11,13). The summed E-state index contributed by atoms with van der Waals surface area (Å²) in [5.41, 5.74) is 6.22. The molecule has 1 amide bonds. The molecular formula is C9H9N3O. The van der Waals surface area contributed by atoms with Crippen LogP contribution in [0.4, 0.5) is 5.69 Å². The summed E-state index contributed by atoms with van der Waals surface area (Å²) < 4.78 is 0. The summed E-state index contributed by atoms with van der Waals surface area (Å²) >= 11 is 0. The van der Waals surface area contributed by atoms with Crippen molar-refractivity contribution >= 4 is 11.6 Å². The number of hydrogen-bond acceptors (Lipinski definition) is 3. The summed E-state index contributed by atoms with van der Waals surface area (Å²) in [4.78, 5) is 10.4. The van der Waals surface area contributed by atoms with E-state index >= 15 is 0 Å². The van der Waals surface area contributed by atoms with Gasteiger partial charge in [0.1, 0.15) is 0 Å². The van der Waals surface area contributed by atoms with Crippen LogP contribution in [-0.2, 0) is 4.79 Å². The van der Waals surface area contributed by atoms with Crippen molar-refractivity contribution in [1.29, 1.82) is 5.26 Å². The number of nitrogens with zero attached hydrogens (tertiary/aromatic N) is 1. The number of hydrogen-bond donors (Lipinski definition) is 2. The van der Waals surface area contributed by atoms with Crippen LogP contribution in [0.25, 0.3) is 0 Å². The fraction of sp³-hybridized carbons (Fsp3) is 0.111. The molecule has 0 fully saturated rings. The summed E-state index contributed by atoms with van der Waals surface area (Å²) in [7, 11) is 0. The van der Waals surface area contributed by atoms with Crippen LogP contribution in [0.2, 0.25) is 0 Å². The number of benzene rings is 1. The molecule has 1 rings (SSSR count). The highest BCUT2D eigenvalue weighted by Gasteiger charge is 1.95. The van der Waals surface area contributed by atoms with Gasteiger partial charge in [-0.05, 0) is 18.2 Å². The van der Waals surface area contributed by atoms with E-state index in [9.17, 15) is 4.79 Å². The van der Waals surface area contributed by atoms with Gasteiger partial charge in [0.05, 0.1) is 18.2 Å². The minimum absolute atomic E-state index is 0.0783. The van der Waals surface area contributed by atoms with E-state index in [1.54, 1.807) is 24.3 Å². The molecule has 0 heterocycles. The van der Waals surface area contributed by atoms with E-state index in [0.29, 0.717) is 5.56 Å². The Balaban J connectivity index is 2.68. The van der Waals surface area contributed by atoms with Gasteiger partial charge in [0.2, 0.25) is 5.91 Å². The number of carbonyl (C=O) groups excluding carboxylic acids is 1. The van der Waals surface area contributed by atoms with Crippen molar-refractivity contribution in [2.75, 3.05) is 11.9 Å². The average Bonchev–Trinajstić information content (AvgIpc) is 2.15. The van der Waals surface area contributed by atoms with Gasteiger partial charge in [-0.3, -0.25) is 4.79 Å². The predicted molar refractivity (Wildman–Crippen MR) is 48.8 cm³/mol. The van der Waals surface area contributed by atoms with E-state index < -0.39 is 5.91 Å². The lowest BCUT2D eigenvalue weighted by molar-refractivity contribution is -0.116. The Morgan fingerprint density at radius 2 is 2.38 bits per heavy atom. The molecule has 1 aromatic rings. The van der Waals surface area contributed by atoms with Crippen LogP contribution in [-0.4, -0.2) is 12.5 Å². The molecule has 4 nitrogen and oxygen atoms in total. The van der Waals surface area contributed by atoms with E-state index in [4.69, 9.17) is 11.0 Å². The summed E-state index contributed by atoms with van der Waals surface area (Å²) in [5.74, 6) is -0.428. The third-order valence-electron chi connectivity index (χ3n) is 1.46. The van der Waals surface area contributed by atoms with Crippen LogP contribution < -0.4 is 11.1 Å². The first-order valence-corrected chi connectivity index (χ1v) is 3.74. The molecule has 0 radical (unpaired) electrons. The molecule has 0 aromatic heterocycles. The van der Waals surface area contributed by atoms with Crippen LogP contribution in [0.3, 0.4) is 0 Å². The number of primary amides is 1. The highest BCUT2D eigenvalue weighted by molar-refractivity contribution is 5.78. The van der Waals surface area contributed by atoms with E-state index in [1.807, 2.05) is 6.07 Å². The van der Waals surface area contributed by atoms with Crippen molar-refractivity contribution in [3.05, 3.63) is 29.8 Å². The summed E-state index contributed by atoms with van der Waals surface area (Å²) in [6.45, 7) is 0.0783. The molecule has 0 bridgehead atoms. The Kier molecular flexibility index (Phi) is 2.87. The number of carbonyl (C=O) groups is 1. The van der Waals surface area contributed by atoms with Gasteiger partial charge in [0.15, 0.2) is 0 Å². The lowest BCUT2D eigenvalue weighted by atomic mass is 10.2. The maximum Gasteiger partial charge on any atom is 0.236 e. The first-order chi connectivity index (χ1) is 6.22. The zero-order valence-electron chi connectivity index (χ0n) is 6.95. The lowest BCUT2D eigenvalue weighted by Crippen LogP contribution is -2.21. The van der Waals surface area contributed by atoms with Crippen molar-refractivity contribution in [2.45, 2.75) is 0 Å². The Bertz CT molecular complexity index is 354. The van der Waals surface area contributed by atoms with Gasteiger partial charge < -0.3 is 11.1 Å². The Morgan fingerprint density at radius 1 is 1.62 bits per heavy atom. The Hall–Kier alpha value is -2.02. The van der Waals surface area contributed by atoms with E-state index in [1.165, 1.54) is 0 Å². The molecule has 0 saturated carbocycles. The highest BCUT2D eigenvalue weighted by Crippen LogP contribution is 2.08. The number of nitrogens with one attached hydrogen (secondary N) is 1. The largest absolute Gasteiger partial charge is 0.376 e. The van der Waals surface area contributed by atoms with Crippen LogP contribution in [0.15, 0.2) is 24.3 Å². The van der Waals surface area contributed by atoms with Crippen molar-refractivity contribution in [2.24, 2.45) is 5.73 Å². The van der Waals surface area contributed by atoms with Crippen LogP contribution in [0, 0.1) is 11.3 Å². The normalized spacial score (nSPS) is 8.85. The van der Waals surface area contributed by atoms with Crippen molar-refractivity contribution in [3.8, 4) is 6.07 Å². The molecule has 0 unspecified atom stereocenters. The van der Waals surface area contributed by atoms with Crippen molar-refractivity contribution in [3.63, 3.8) is 0 Å². The zero-order chi connectivity index (χ0) is 9.68. The van der Waals surface area contributed by atoms with Gasteiger partial charge in [-0.25, -0.2) is 0 Å². The summed E-state index contributed by atoms with van der Waals surface area (Å²) in [5, 5.41) is 11.4. The van der Waals surface area contributed by atoms with Crippen molar-refractivity contribution < 1.29 is 4.79 Å². The van der Waals surface area contributed by atoms with Gasteiger partial charge in [-0.15, -0.1) is 0 Å². The van der Waals surface area contributed by atoms with Gasteiger partial charge in [0.25, 0.3) is 0 Å². The second kappa shape index (κ2) is 4.12. The number of amides is 1. The zero-order valence-corrected chi connectivity index (χ0v) is 6.95. The van der Waals surface area contributed by atoms with E-state index in [0.717, 1.165) is 5.69 Å². The molecule has 0 spiro atoms. The highest BCUT2D eigenvalue weighted by atomic mass is 16.1. The predicted octanol–water partition coefficient (Wildman–Crippen LogP) is 0.455. The quantitative estimate of drug-likeness (QED) is 0.700. The molecular weight excluding hydrogens is 166 g/mol. The maximum atomic E-state index is 10.4. The number of nitriles is 1. The molecule has 66 valence electrons. The molecule has 13 heavy (non-hydrogen) atoms. The van der Waals surface area contributed by atoms with Crippen LogP contribution in [0.5, 0.6) is 0 Å². The summed E-state index contributed by atoms with van der Waals surface area (Å²) in [6, 6.07) is 8.85. The SMILES string of the molecule is N#Cc1cccc(NCC(N)=O)c1. The number of rotatable bonds is 3. The van der Waals surface area contributed by atoms with Gasteiger partial charge in [0, 0.05) is 5.69 Å². The Labute approximate surface area is 76.0 Å². The fourth-order valence-corrected chi connectivity index (χ4v) is 0.888. The Morgan fingerprint density at radius 3 is 3.00 bits per heavy atom. The summed E-state index contributed by atoms with van der Waals surface area (Å²) in [6.07, 6.45) is 0. The molecule has 0 atom stereocenters. The number of anilines is 1. The third-order valence-corrected chi connectivity index (χ3v) is 1.46. The first-order valence-electron chi connectivity index (χ1n) is 3.74. The third kappa shape index (κ3) is 2.83. The van der Waals surface area contributed by atoms with Crippen LogP contribution >= 0.6 is 0 Å². The number of nitrogens with two attached hydrogens (primary N) is 1. The topological polar surface area (TPSA) is 78.9 Å². The lowest BCUT2D eigenvalue weighted by Gasteiger charge is -2.02. The van der Waals surface area contributed by atoms with Gasteiger partial charge in [-0.2, -0.15) is 5.26 Å². The second-order valence-electron chi connectivity index (χ2n) is 2.51. The first kappa shape index (κ1) is 9.07. The second-order valence-corrected chi connectivity index (χ2v) is 2.51. The van der Waals surface area contributed by atoms with Gasteiger partial charge >= 0.3 is 0 Å². The molecule has 0 aliphatic carbocycles. The molecule has 4 heteroatoms. The van der Waals surface area contributed by atoms with Crippen molar-refractivity contribution in [1.82, 2.24) is 0 Å². The molecule has 3 N–H and O–H groups in total. The molecule has 0 aliphatic heterocycles. The smallest absolute Gasteiger partial charge is 0.236 e. The van der Waals surface area contributed by atoms with Crippen LogP contribution in [0.1, 0.15) is 5.56 Å². The monoisotopic (exact) mass is 175 g/mol. The van der Waals surface area contributed by atoms with Gasteiger partial charge in [-0.1, -0.05) is 6.07 Å². The van der Waals surface area contributed by atoms with E-state index in [2.05, 4.69) is 5.32 Å². The fourth-order valence-electron chi connectivity index (χ4n) is 0.888. The maximum absolute atomic E-state index is 10.4. The molecule has 0 aliphatic rings.